The number of ether oxygens (including phenoxy) is 2. The van der Waals surface area contributed by atoms with Crippen molar-refractivity contribution in [1.82, 2.24) is 4.31 Å². The van der Waals surface area contributed by atoms with Crippen molar-refractivity contribution in [3.8, 4) is 5.75 Å². The molecule has 0 spiro atoms. The van der Waals surface area contributed by atoms with Crippen LogP contribution in [0.5, 0.6) is 5.75 Å². The summed E-state index contributed by atoms with van der Waals surface area (Å²) < 4.78 is 37.5. The van der Waals surface area contributed by atoms with Gasteiger partial charge in [-0.1, -0.05) is 0 Å². The van der Waals surface area contributed by atoms with Crippen LogP contribution in [0.4, 0.5) is 5.69 Å². The Hall–Kier alpha value is -1.97. The van der Waals surface area contributed by atoms with Gasteiger partial charge in [-0.25, -0.2) is 8.42 Å². The summed E-state index contributed by atoms with van der Waals surface area (Å²) in [6, 6.07) is 4.30. The number of methoxy groups -OCH3 is 1. The van der Waals surface area contributed by atoms with Crippen molar-refractivity contribution >= 4 is 27.5 Å². The number of carbonyl (C=O) groups excluding carboxylic acids is 2. The van der Waals surface area contributed by atoms with Crippen LogP contribution in [-0.2, 0) is 24.3 Å². The second-order valence-electron chi connectivity index (χ2n) is 5.47. The van der Waals surface area contributed by atoms with Gasteiger partial charge in [0.15, 0.2) is 0 Å². The largest absolute Gasteiger partial charge is 0.495 e. The van der Waals surface area contributed by atoms with Gasteiger partial charge in [0.2, 0.25) is 21.8 Å². The number of nitrogens with zero attached hydrogens (tertiary/aromatic N) is 2. The Morgan fingerprint density at radius 1 is 1.08 bits per heavy atom. The van der Waals surface area contributed by atoms with E-state index in [0.29, 0.717) is 13.2 Å². The average Bonchev–Trinajstić information content (AvgIpc) is 2.93. The molecule has 3 rings (SSSR count). The Kier molecular flexibility index (Phi) is 4.57. The summed E-state index contributed by atoms with van der Waals surface area (Å²) in [6.07, 6.45) is 0.271. The molecule has 2 fully saturated rings. The Balaban J connectivity index is 2.04. The van der Waals surface area contributed by atoms with E-state index in [1.165, 1.54) is 29.6 Å². The second-order valence-corrected chi connectivity index (χ2v) is 7.38. The Bertz CT molecular complexity index is 754. The summed E-state index contributed by atoms with van der Waals surface area (Å²) >= 11 is 0. The summed E-state index contributed by atoms with van der Waals surface area (Å²) in [6.45, 7) is 1.14. The molecule has 0 unspecified atom stereocenters. The van der Waals surface area contributed by atoms with E-state index >= 15 is 0 Å². The maximum atomic E-state index is 12.9. The van der Waals surface area contributed by atoms with E-state index in [4.69, 9.17) is 9.47 Å². The first kappa shape index (κ1) is 16.9. The van der Waals surface area contributed by atoms with Gasteiger partial charge >= 0.3 is 0 Å². The molecule has 1 aromatic carbocycles. The van der Waals surface area contributed by atoms with E-state index in [0.717, 1.165) is 4.90 Å². The number of imide groups is 1. The quantitative estimate of drug-likeness (QED) is 0.725. The highest BCUT2D eigenvalue weighted by Gasteiger charge is 2.34. The zero-order chi connectivity index (χ0) is 17.3. The molecular formula is C15H18N2O6S. The molecule has 0 radical (unpaired) electrons. The first-order valence-electron chi connectivity index (χ1n) is 7.57. The molecule has 2 heterocycles. The van der Waals surface area contributed by atoms with Crippen molar-refractivity contribution in [3.63, 3.8) is 0 Å². The molecule has 0 N–H and O–H groups in total. The molecule has 2 aliphatic heterocycles. The highest BCUT2D eigenvalue weighted by molar-refractivity contribution is 7.89. The van der Waals surface area contributed by atoms with Crippen LogP contribution in [0.1, 0.15) is 12.8 Å². The number of hydrogen-bond acceptors (Lipinski definition) is 6. The SMILES string of the molecule is COc1ccc(N2C(=O)CCC2=O)cc1S(=O)(=O)N1CCOCC1. The molecule has 0 aromatic heterocycles. The number of amides is 2. The van der Waals surface area contributed by atoms with Crippen LogP contribution < -0.4 is 9.64 Å². The van der Waals surface area contributed by atoms with Gasteiger partial charge < -0.3 is 9.47 Å². The van der Waals surface area contributed by atoms with Crippen LogP contribution in [-0.4, -0.2) is 58.0 Å². The zero-order valence-corrected chi connectivity index (χ0v) is 14.0. The van der Waals surface area contributed by atoms with Gasteiger partial charge in [0.1, 0.15) is 10.6 Å². The van der Waals surface area contributed by atoms with Gasteiger partial charge in [0, 0.05) is 25.9 Å². The number of hydrogen-bond donors (Lipinski definition) is 0. The summed E-state index contributed by atoms with van der Waals surface area (Å²) in [5.74, 6) is -0.496. The van der Waals surface area contributed by atoms with Crippen molar-refractivity contribution in [2.24, 2.45) is 0 Å². The van der Waals surface area contributed by atoms with E-state index < -0.39 is 10.0 Å². The number of anilines is 1. The standard InChI is InChI=1S/C15H18N2O6S/c1-22-12-3-2-11(17-14(18)4-5-15(17)19)10-13(12)24(20,21)16-6-8-23-9-7-16/h2-3,10H,4-9H2,1H3. The summed E-state index contributed by atoms with van der Waals surface area (Å²) in [4.78, 5) is 24.8. The van der Waals surface area contributed by atoms with Crippen molar-refractivity contribution in [2.75, 3.05) is 38.3 Å². The molecule has 9 heteroatoms. The fourth-order valence-electron chi connectivity index (χ4n) is 2.80. The first-order chi connectivity index (χ1) is 11.4. The lowest BCUT2D eigenvalue weighted by atomic mass is 10.2. The zero-order valence-electron chi connectivity index (χ0n) is 13.2. The molecule has 8 nitrogen and oxygen atoms in total. The smallest absolute Gasteiger partial charge is 0.246 e. The highest BCUT2D eigenvalue weighted by atomic mass is 32.2. The lowest BCUT2D eigenvalue weighted by molar-refractivity contribution is -0.121. The molecule has 24 heavy (non-hydrogen) atoms. The lowest BCUT2D eigenvalue weighted by Gasteiger charge is -2.27. The number of carbonyl (C=O) groups is 2. The first-order valence-corrected chi connectivity index (χ1v) is 9.01. The maximum Gasteiger partial charge on any atom is 0.246 e. The van der Waals surface area contributed by atoms with Crippen LogP contribution in [0.15, 0.2) is 23.1 Å². The van der Waals surface area contributed by atoms with Gasteiger partial charge in [0.05, 0.1) is 26.0 Å². The van der Waals surface area contributed by atoms with Crippen LogP contribution in [0.2, 0.25) is 0 Å². The number of morpholine rings is 1. The van der Waals surface area contributed by atoms with E-state index in [9.17, 15) is 18.0 Å². The minimum Gasteiger partial charge on any atom is -0.495 e. The number of rotatable bonds is 4. The Morgan fingerprint density at radius 2 is 1.71 bits per heavy atom. The van der Waals surface area contributed by atoms with E-state index in [2.05, 4.69) is 0 Å². The second kappa shape index (κ2) is 6.50. The molecule has 2 amide bonds. The number of benzene rings is 1. The lowest BCUT2D eigenvalue weighted by Crippen LogP contribution is -2.40. The third-order valence-corrected chi connectivity index (χ3v) is 5.96. The summed E-state index contributed by atoms with van der Waals surface area (Å²) in [7, 11) is -2.44. The molecule has 0 atom stereocenters. The fraction of sp³-hybridized carbons (Fsp3) is 0.467. The fourth-order valence-corrected chi connectivity index (χ4v) is 4.38. The van der Waals surface area contributed by atoms with Crippen molar-refractivity contribution in [3.05, 3.63) is 18.2 Å². The molecule has 130 valence electrons. The van der Waals surface area contributed by atoms with E-state index in [1.54, 1.807) is 0 Å². The highest BCUT2D eigenvalue weighted by Crippen LogP contribution is 2.33. The van der Waals surface area contributed by atoms with Crippen LogP contribution >= 0.6 is 0 Å². The Morgan fingerprint density at radius 3 is 2.29 bits per heavy atom. The van der Waals surface area contributed by atoms with Crippen LogP contribution in [0, 0.1) is 0 Å². The summed E-state index contributed by atoms with van der Waals surface area (Å²) in [5.41, 5.74) is 0.245. The van der Waals surface area contributed by atoms with Crippen molar-refractivity contribution in [2.45, 2.75) is 17.7 Å². The van der Waals surface area contributed by atoms with Gasteiger partial charge in [-0.3, -0.25) is 14.5 Å². The van der Waals surface area contributed by atoms with E-state index in [-0.39, 0.29) is 54.1 Å². The summed E-state index contributed by atoms with van der Waals surface area (Å²) in [5, 5.41) is 0. The predicted octanol–water partition coefficient (Wildman–Crippen LogP) is 0.369. The maximum absolute atomic E-state index is 12.9. The van der Waals surface area contributed by atoms with Gasteiger partial charge in [-0.15, -0.1) is 0 Å². The monoisotopic (exact) mass is 354 g/mol. The average molecular weight is 354 g/mol. The minimum absolute atomic E-state index is 0.0584. The molecule has 1 aromatic rings. The van der Waals surface area contributed by atoms with Crippen molar-refractivity contribution in [1.29, 1.82) is 0 Å². The molecule has 0 aliphatic carbocycles. The minimum atomic E-state index is -3.81. The normalized spacial score (nSPS) is 19.8. The van der Waals surface area contributed by atoms with Crippen molar-refractivity contribution < 1.29 is 27.5 Å². The third kappa shape index (κ3) is 2.90. The predicted molar refractivity (Wildman–Crippen MR) is 84.3 cm³/mol. The topological polar surface area (TPSA) is 93.2 Å². The molecule has 0 saturated carbocycles. The number of sulfonamides is 1. The molecule has 0 bridgehead atoms. The third-order valence-electron chi connectivity index (χ3n) is 4.04. The molecule has 2 saturated heterocycles. The van der Waals surface area contributed by atoms with E-state index in [1.807, 2.05) is 0 Å². The Labute approximate surface area is 140 Å². The van der Waals surface area contributed by atoms with Gasteiger partial charge in [-0.2, -0.15) is 4.31 Å². The molecular weight excluding hydrogens is 336 g/mol. The van der Waals surface area contributed by atoms with Gasteiger partial charge in [-0.05, 0) is 18.2 Å². The van der Waals surface area contributed by atoms with Gasteiger partial charge in [0.25, 0.3) is 0 Å². The molecule has 2 aliphatic rings. The van der Waals surface area contributed by atoms with Crippen LogP contribution in [0.3, 0.4) is 0 Å². The van der Waals surface area contributed by atoms with Crippen LogP contribution in [0.25, 0.3) is 0 Å².